The first-order valence-electron chi connectivity index (χ1n) is 3.86. The average molecular weight is 204 g/mol. The van der Waals surface area contributed by atoms with Gasteiger partial charge >= 0.3 is 0 Å². The molecule has 0 amide bonds. The molecule has 0 aromatic heterocycles. The van der Waals surface area contributed by atoms with Crippen molar-refractivity contribution in [2.75, 3.05) is 0 Å². The molecule has 1 atom stereocenters. The van der Waals surface area contributed by atoms with Gasteiger partial charge in [0.1, 0.15) is 0 Å². The van der Waals surface area contributed by atoms with Crippen LogP contribution in [0.3, 0.4) is 0 Å². The third-order valence-corrected chi connectivity index (χ3v) is 2.47. The molecule has 0 fully saturated rings. The first-order valence-corrected chi connectivity index (χ1v) is 4.62. The van der Waals surface area contributed by atoms with Gasteiger partial charge in [0.05, 0.1) is 0 Å². The number of benzene rings is 1. The van der Waals surface area contributed by atoms with E-state index in [0.29, 0.717) is 10.0 Å². The molecule has 2 N–H and O–H groups in total. The van der Waals surface area contributed by atoms with Crippen molar-refractivity contribution in [3.05, 3.63) is 33.8 Å². The minimum absolute atomic E-state index is 0.0637. The molecule has 0 spiro atoms. The Morgan fingerprint density at radius 3 is 2.25 bits per heavy atom. The molecule has 1 nitrogen and oxygen atoms in total. The second kappa shape index (κ2) is 4.13. The lowest BCUT2D eigenvalue weighted by Crippen LogP contribution is -2.09. The topological polar surface area (TPSA) is 26.0 Å². The smallest absolute Gasteiger partial charge is 0.0468 e. The second-order valence-electron chi connectivity index (χ2n) is 2.65. The standard InChI is InChI=1S/C9H11Cl2N/c1-2-8(12)9-6(10)4-3-5-7(9)11/h3-5,8H,2,12H2,1H3/t8-/m0/s1. The molecule has 12 heavy (non-hydrogen) atoms. The van der Waals surface area contributed by atoms with Crippen molar-refractivity contribution in [3.63, 3.8) is 0 Å². The van der Waals surface area contributed by atoms with Crippen LogP contribution in [0.4, 0.5) is 0 Å². The minimum Gasteiger partial charge on any atom is -0.324 e. The number of rotatable bonds is 2. The predicted octanol–water partition coefficient (Wildman–Crippen LogP) is 3.40. The molecule has 0 aliphatic rings. The molecule has 0 heterocycles. The predicted molar refractivity (Wildman–Crippen MR) is 53.7 cm³/mol. The van der Waals surface area contributed by atoms with E-state index in [-0.39, 0.29) is 6.04 Å². The second-order valence-corrected chi connectivity index (χ2v) is 3.46. The lowest BCUT2D eigenvalue weighted by Gasteiger charge is -2.12. The van der Waals surface area contributed by atoms with E-state index in [1.165, 1.54) is 0 Å². The van der Waals surface area contributed by atoms with Crippen molar-refractivity contribution in [2.45, 2.75) is 19.4 Å². The van der Waals surface area contributed by atoms with Crippen molar-refractivity contribution in [3.8, 4) is 0 Å². The van der Waals surface area contributed by atoms with Gasteiger partial charge in [-0.2, -0.15) is 0 Å². The average Bonchev–Trinajstić information content (AvgIpc) is 2.03. The molecule has 3 heteroatoms. The highest BCUT2D eigenvalue weighted by Crippen LogP contribution is 2.30. The van der Waals surface area contributed by atoms with Gasteiger partial charge in [0.2, 0.25) is 0 Å². The summed E-state index contributed by atoms with van der Waals surface area (Å²) in [6.07, 6.45) is 0.837. The summed E-state index contributed by atoms with van der Waals surface area (Å²) >= 11 is 11.9. The van der Waals surface area contributed by atoms with Crippen LogP contribution in [0.2, 0.25) is 10.0 Å². The van der Waals surface area contributed by atoms with Crippen LogP contribution < -0.4 is 5.73 Å². The fourth-order valence-electron chi connectivity index (χ4n) is 1.07. The summed E-state index contributed by atoms with van der Waals surface area (Å²) in [7, 11) is 0. The number of hydrogen-bond acceptors (Lipinski definition) is 1. The molecule has 0 unspecified atom stereocenters. The summed E-state index contributed by atoms with van der Waals surface area (Å²) in [6, 6.07) is 5.36. The molecule has 1 aromatic rings. The van der Waals surface area contributed by atoms with Gasteiger partial charge in [-0.15, -0.1) is 0 Å². The summed E-state index contributed by atoms with van der Waals surface area (Å²) in [5, 5.41) is 1.30. The van der Waals surface area contributed by atoms with E-state index >= 15 is 0 Å². The van der Waals surface area contributed by atoms with E-state index in [1.54, 1.807) is 12.1 Å². The number of halogens is 2. The summed E-state index contributed by atoms with van der Waals surface area (Å²) < 4.78 is 0. The van der Waals surface area contributed by atoms with E-state index in [2.05, 4.69) is 0 Å². The zero-order valence-corrected chi connectivity index (χ0v) is 8.36. The van der Waals surface area contributed by atoms with Gasteiger partial charge in [0.15, 0.2) is 0 Å². The Balaban J connectivity index is 3.12. The van der Waals surface area contributed by atoms with Gasteiger partial charge in [-0.3, -0.25) is 0 Å². The largest absolute Gasteiger partial charge is 0.324 e. The van der Waals surface area contributed by atoms with Gasteiger partial charge in [-0.25, -0.2) is 0 Å². The normalized spacial score (nSPS) is 13.0. The Labute approximate surface area is 82.5 Å². The van der Waals surface area contributed by atoms with Crippen LogP contribution in [0.1, 0.15) is 24.9 Å². The molecule has 0 aliphatic heterocycles. The maximum Gasteiger partial charge on any atom is 0.0468 e. The number of nitrogens with two attached hydrogens (primary N) is 1. The first-order chi connectivity index (χ1) is 5.66. The third-order valence-electron chi connectivity index (χ3n) is 1.81. The van der Waals surface area contributed by atoms with E-state index < -0.39 is 0 Å². The molecule has 0 aliphatic carbocycles. The molecular formula is C9H11Cl2N. The molecule has 66 valence electrons. The number of hydrogen-bond donors (Lipinski definition) is 1. The van der Waals surface area contributed by atoms with Crippen molar-refractivity contribution in [2.24, 2.45) is 5.73 Å². The maximum atomic E-state index is 5.94. The van der Waals surface area contributed by atoms with Crippen molar-refractivity contribution in [1.82, 2.24) is 0 Å². The summed E-state index contributed by atoms with van der Waals surface area (Å²) in [5.41, 5.74) is 6.68. The Bertz CT molecular complexity index is 253. The SMILES string of the molecule is CC[C@H](N)c1c(Cl)cccc1Cl. The van der Waals surface area contributed by atoms with Crippen molar-refractivity contribution >= 4 is 23.2 Å². The van der Waals surface area contributed by atoms with E-state index in [0.717, 1.165) is 12.0 Å². The summed E-state index contributed by atoms with van der Waals surface area (Å²) in [5.74, 6) is 0. The molecule has 1 aromatic carbocycles. The van der Waals surface area contributed by atoms with Gasteiger partial charge < -0.3 is 5.73 Å². The Hall–Kier alpha value is -0.240. The molecular weight excluding hydrogens is 193 g/mol. The van der Waals surface area contributed by atoms with Gasteiger partial charge in [-0.05, 0) is 18.6 Å². The van der Waals surface area contributed by atoms with Crippen LogP contribution >= 0.6 is 23.2 Å². The van der Waals surface area contributed by atoms with Crippen molar-refractivity contribution in [1.29, 1.82) is 0 Å². The zero-order chi connectivity index (χ0) is 9.14. The van der Waals surface area contributed by atoms with Crippen LogP contribution in [-0.4, -0.2) is 0 Å². The first kappa shape index (κ1) is 9.85. The third kappa shape index (κ3) is 1.92. The quantitative estimate of drug-likeness (QED) is 0.784. The highest BCUT2D eigenvalue weighted by molar-refractivity contribution is 6.36. The van der Waals surface area contributed by atoms with E-state index in [4.69, 9.17) is 28.9 Å². The Kier molecular flexibility index (Phi) is 3.39. The maximum absolute atomic E-state index is 5.94. The molecule has 0 bridgehead atoms. The lowest BCUT2D eigenvalue weighted by atomic mass is 10.1. The summed E-state index contributed by atoms with van der Waals surface area (Å²) in [4.78, 5) is 0. The molecule has 0 saturated heterocycles. The van der Waals surface area contributed by atoms with Crippen LogP contribution in [0, 0.1) is 0 Å². The van der Waals surface area contributed by atoms with E-state index in [9.17, 15) is 0 Å². The summed E-state index contributed by atoms with van der Waals surface area (Å²) in [6.45, 7) is 2.00. The van der Waals surface area contributed by atoms with Crippen LogP contribution in [0.25, 0.3) is 0 Å². The van der Waals surface area contributed by atoms with Crippen LogP contribution in [0.15, 0.2) is 18.2 Å². The van der Waals surface area contributed by atoms with Crippen LogP contribution in [-0.2, 0) is 0 Å². The minimum atomic E-state index is -0.0637. The zero-order valence-electron chi connectivity index (χ0n) is 6.85. The van der Waals surface area contributed by atoms with Gasteiger partial charge in [0.25, 0.3) is 0 Å². The molecule has 0 radical (unpaired) electrons. The van der Waals surface area contributed by atoms with Gasteiger partial charge in [-0.1, -0.05) is 36.2 Å². The highest BCUT2D eigenvalue weighted by atomic mass is 35.5. The van der Waals surface area contributed by atoms with Crippen LogP contribution in [0.5, 0.6) is 0 Å². The van der Waals surface area contributed by atoms with Crippen molar-refractivity contribution < 1.29 is 0 Å². The molecule has 1 rings (SSSR count). The fraction of sp³-hybridized carbons (Fsp3) is 0.333. The lowest BCUT2D eigenvalue weighted by molar-refractivity contribution is 0.699. The monoisotopic (exact) mass is 203 g/mol. The highest BCUT2D eigenvalue weighted by Gasteiger charge is 2.11. The Morgan fingerprint density at radius 1 is 1.33 bits per heavy atom. The van der Waals surface area contributed by atoms with Gasteiger partial charge in [0, 0.05) is 21.7 Å². The molecule has 0 saturated carbocycles. The van der Waals surface area contributed by atoms with E-state index in [1.807, 2.05) is 13.0 Å². The fourth-order valence-corrected chi connectivity index (χ4v) is 1.75. The Morgan fingerprint density at radius 2 is 1.83 bits per heavy atom.